The number of carbonyl (C=O) groups excluding carboxylic acids is 2. The lowest BCUT2D eigenvalue weighted by molar-refractivity contribution is -0.147. The highest BCUT2D eigenvalue weighted by molar-refractivity contribution is 7.47. The second-order valence-corrected chi connectivity index (χ2v) is 12.6. The molecule has 0 aromatic carbocycles. The van der Waals surface area contributed by atoms with Crippen LogP contribution in [-0.2, 0) is 27.9 Å². The van der Waals surface area contributed by atoms with Crippen LogP contribution in [0.15, 0.2) is 0 Å². The lowest BCUT2D eigenvalue weighted by Gasteiger charge is -2.15. The minimum absolute atomic E-state index is 0.0853. The van der Waals surface area contributed by atoms with Crippen molar-refractivity contribution in [3.63, 3.8) is 0 Å². The third kappa shape index (κ3) is 30.3. The second-order valence-electron chi connectivity index (χ2n) is 11.1. The Kier molecular flexibility index (Phi) is 28.4. The number of phosphoric ester groups is 1. The minimum atomic E-state index is -4.39. The highest BCUT2D eigenvalue weighted by atomic mass is 31.2. The Morgan fingerprint density at radius 2 is 1.10 bits per heavy atom. The lowest BCUT2D eigenvalue weighted by atomic mass is 10.0. The van der Waals surface area contributed by atoms with E-state index in [1.165, 1.54) is 89.9 Å². The van der Waals surface area contributed by atoms with Crippen LogP contribution in [0.1, 0.15) is 155 Å². The van der Waals surface area contributed by atoms with Gasteiger partial charge in [-0.2, -0.15) is 0 Å². The standard InChI is InChI=1S/C31H62NO8P/c1-3-5-7-9-11-12-13-14-15-16-17-18-20-22-24-31(35)38-27-29(33)28-40-41(36,37)39-26-25-32-30(34)23-21-19-10-8-6-4-2/h29,33H,3-28H2,1-2H3,(H,32,34)(H,36,37). The zero-order valence-electron chi connectivity index (χ0n) is 26.3. The van der Waals surface area contributed by atoms with E-state index in [1.807, 2.05) is 0 Å². The van der Waals surface area contributed by atoms with Gasteiger partial charge in [0.05, 0.1) is 13.2 Å². The van der Waals surface area contributed by atoms with Crippen molar-refractivity contribution >= 4 is 19.7 Å². The van der Waals surface area contributed by atoms with Crippen molar-refractivity contribution in [2.75, 3.05) is 26.4 Å². The second kappa shape index (κ2) is 29.1. The summed E-state index contributed by atoms with van der Waals surface area (Å²) < 4.78 is 26.6. The Morgan fingerprint density at radius 1 is 0.659 bits per heavy atom. The van der Waals surface area contributed by atoms with Gasteiger partial charge in [0.15, 0.2) is 0 Å². The first-order valence-electron chi connectivity index (χ1n) is 16.5. The van der Waals surface area contributed by atoms with Crippen molar-refractivity contribution in [2.45, 2.75) is 161 Å². The normalized spacial score (nSPS) is 13.6. The van der Waals surface area contributed by atoms with E-state index in [0.29, 0.717) is 6.42 Å². The zero-order valence-corrected chi connectivity index (χ0v) is 27.1. The molecule has 2 atom stereocenters. The average Bonchev–Trinajstić information content (AvgIpc) is 2.95. The molecule has 2 unspecified atom stereocenters. The molecule has 10 heteroatoms. The fourth-order valence-electron chi connectivity index (χ4n) is 4.50. The summed E-state index contributed by atoms with van der Waals surface area (Å²) in [6, 6.07) is 0. The predicted molar refractivity (Wildman–Crippen MR) is 165 cm³/mol. The summed E-state index contributed by atoms with van der Waals surface area (Å²) in [4.78, 5) is 33.4. The van der Waals surface area contributed by atoms with E-state index >= 15 is 0 Å². The van der Waals surface area contributed by atoms with Crippen LogP contribution in [-0.4, -0.2) is 54.3 Å². The van der Waals surface area contributed by atoms with Gasteiger partial charge >= 0.3 is 13.8 Å². The first kappa shape index (κ1) is 40.0. The van der Waals surface area contributed by atoms with Gasteiger partial charge in [-0.25, -0.2) is 4.57 Å². The van der Waals surface area contributed by atoms with Gasteiger partial charge < -0.3 is 20.1 Å². The molecular formula is C31H62NO8P. The first-order valence-corrected chi connectivity index (χ1v) is 18.0. The molecule has 0 spiro atoms. The molecule has 0 radical (unpaired) electrons. The summed E-state index contributed by atoms with van der Waals surface area (Å²) in [5, 5.41) is 12.5. The molecule has 244 valence electrons. The maximum Gasteiger partial charge on any atom is 0.472 e. The molecule has 1 amide bonds. The van der Waals surface area contributed by atoms with Crippen LogP contribution in [0, 0.1) is 0 Å². The molecule has 0 aromatic rings. The van der Waals surface area contributed by atoms with E-state index in [9.17, 15) is 24.2 Å². The SMILES string of the molecule is CCCCCCCCCCCCCCCCC(=O)OCC(O)COP(=O)(O)OCCNC(=O)CCCCCCCC. The molecule has 0 aliphatic rings. The summed E-state index contributed by atoms with van der Waals surface area (Å²) in [5.74, 6) is -0.521. The predicted octanol–water partition coefficient (Wildman–Crippen LogP) is 7.76. The van der Waals surface area contributed by atoms with Crippen molar-refractivity contribution in [3.8, 4) is 0 Å². The van der Waals surface area contributed by atoms with Gasteiger partial charge in [-0.3, -0.25) is 18.6 Å². The number of hydrogen-bond donors (Lipinski definition) is 3. The van der Waals surface area contributed by atoms with Gasteiger partial charge in [0.25, 0.3) is 0 Å². The fourth-order valence-corrected chi connectivity index (χ4v) is 5.25. The third-order valence-corrected chi connectivity index (χ3v) is 8.02. The van der Waals surface area contributed by atoms with Crippen LogP contribution in [0.4, 0.5) is 0 Å². The van der Waals surface area contributed by atoms with Crippen molar-refractivity contribution in [2.24, 2.45) is 0 Å². The molecule has 41 heavy (non-hydrogen) atoms. The number of nitrogens with one attached hydrogen (secondary N) is 1. The molecule has 3 N–H and O–H groups in total. The molecule has 0 aromatic heterocycles. The number of phosphoric acid groups is 1. The number of unbranched alkanes of at least 4 members (excludes halogenated alkanes) is 18. The van der Waals surface area contributed by atoms with Crippen LogP contribution >= 0.6 is 7.82 Å². The molecular weight excluding hydrogens is 545 g/mol. The summed E-state index contributed by atoms with van der Waals surface area (Å²) >= 11 is 0. The molecule has 0 saturated carbocycles. The quantitative estimate of drug-likeness (QED) is 0.0414. The van der Waals surface area contributed by atoms with Crippen molar-refractivity contribution < 1.29 is 37.9 Å². The molecule has 0 fully saturated rings. The van der Waals surface area contributed by atoms with Gasteiger partial charge in [-0.1, -0.05) is 129 Å². The van der Waals surface area contributed by atoms with Gasteiger partial charge in [0.1, 0.15) is 12.7 Å². The average molecular weight is 608 g/mol. The number of esters is 1. The van der Waals surface area contributed by atoms with E-state index in [1.54, 1.807) is 0 Å². The van der Waals surface area contributed by atoms with E-state index < -0.39 is 26.5 Å². The van der Waals surface area contributed by atoms with E-state index in [0.717, 1.165) is 38.5 Å². The highest BCUT2D eigenvalue weighted by Gasteiger charge is 2.23. The maximum absolute atomic E-state index is 11.9. The maximum atomic E-state index is 11.9. The number of rotatable bonds is 31. The van der Waals surface area contributed by atoms with E-state index in [-0.39, 0.29) is 32.1 Å². The van der Waals surface area contributed by atoms with Crippen LogP contribution in [0.3, 0.4) is 0 Å². The summed E-state index contributed by atoms with van der Waals surface area (Å²) in [7, 11) is -4.39. The van der Waals surface area contributed by atoms with Crippen molar-refractivity contribution in [1.82, 2.24) is 5.32 Å². The van der Waals surface area contributed by atoms with Crippen molar-refractivity contribution in [1.29, 1.82) is 0 Å². The largest absolute Gasteiger partial charge is 0.472 e. The number of amides is 1. The number of aliphatic hydroxyl groups excluding tert-OH is 1. The third-order valence-electron chi connectivity index (χ3n) is 7.04. The van der Waals surface area contributed by atoms with Crippen LogP contribution in [0.25, 0.3) is 0 Å². The topological polar surface area (TPSA) is 131 Å². The molecule has 0 aliphatic carbocycles. The van der Waals surface area contributed by atoms with Gasteiger partial charge in [-0.15, -0.1) is 0 Å². The minimum Gasteiger partial charge on any atom is -0.463 e. The summed E-state index contributed by atoms with van der Waals surface area (Å²) in [6.45, 7) is 3.48. The molecule has 0 rings (SSSR count). The Labute approximate surface area is 250 Å². The number of carbonyl (C=O) groups is 2. The Balaban J connectivity index is 3.61. The van der Waals surface area contributed by atoms with E-state index in [4.69, 9.17) is 13.8 Å². The van der Waals surface area contributed by atoms with Crippen molar-refractivity contribution in [3.05, 3.63) is 0 Å². The number of aliphatic hydroxyl groups is 1. The molecule has 0 bridgehead atoms. The molecule has 0 heterocycles. The monoisotopic (exact) mass is 607 g/mol. The fraction of sp³-hybridized carbons (Fsp3) is 0.935. The highest BCUT2D eigenvalue weighted by Crippen LogP contribution is 2.42. The Morgan fingerprint density at radius 3 is 1.59 bits per heavy atom. The van der Waals surface area contributed by atoms with Gasteiger partial charge in [0.2, 0.25) is 5.91 Å². The molecule has 0 saturated heterocycles. The summed E-state index contributed by atoms with van der Waals surface area (Å²) in [5.41, 5.74) is 0. The van der Waals surface area contributed by atoms with Gasteiger partial charge in [-0.05, 0) is 12.8 Å². The lowest BCUT2D eigenvalue weighted by Crippen LogP contribution is -2.27. The Bertz CT molecular complexity index is 664. The zero-order chi connectivity index (χ0) is 30.4. The van der Waals surface area contributed by atoms with E-state index in [2.05, 4.69) is 19.2 Å². The smallest absolute Gasteiger partial charge is 0.463 e. The number of ether oxygens (including phenoxy) is 1. The van der Waals surface area contributed by atoms with Crippen LogP contribution < -0.4 is 5.32 Å². The van der Waals surface area contributed by atoms with Gasteiger partial charge in [0, 0.05) is 19.4 Å². The first-order chi connectivity index (χ1) is 19.8. The number of hydrogen-bond acceptors (Lipinski definition) is 7. The molecule has 9 nitrogen and oxygen atoms in total. The van der Waals surface area contributed by atoms with Crippen LogP contribution in [0.5, 0.6) is 0 Å². The Hall–Kier alpha value is -0.990. The van der Waals surface area contributed by atoms with Crippen LogP contribution in [0.2, 0.25) is 0 Å². The molecule has 0 aliphatic heterocycles. The summed E-state index contributed by atoms with van der Waals surface area (Å²) in [6.07, 6.45) is 23.4.